The molecule has 1 aromatic carbocycles. The maximum absolute atomic E-state index is 12.2. The van der Waals surface area contributed by atoms with Gasteiger partial charge in [0.2, 0.25) is 0 Å². The summed E-state index contributed by atoms with van der Waals surface area (Å²) in [4.78, 5) is 23.2. The number of alkyl halides is 3. The van der Waals surface area contributed by atoms with E-state index in [9.17, 15) is 22.8 Å². The Bertz CT molecular complexity index is 633. The number of rotatable bonds is 6. The molecule has 5 N–H and O–H groups in total. The van der Waals surface area contributed by atoms with Crippen molar-refractivity contribution < 1.29 is 27.9 Å². The number of nitrogens with one attached hydrogen (secondary N) is 4. The van der Waals surface area contributed by atoms with Gasteiger partial charge in [0, 0.05) is 11.7 Å². The molecule has 26 heavy (non-hydrogen) atoms. The lowest BCUT2D eigenvalue weighted by atomic mass is 10.1. The van der Waals surface area contributed by atoms with E-state index in [1.165, 1.54) is 0 Å². The largest absolute Gasteiger partial charge is 0.416 e. The number of amides is 4. The predicted octanol–water partition coefficient (Wildman–Crippen LogP) is 2.25. The van der Waals surface area contributed by atoms with Crippen LogP contribution in [0.1, 0.15) is 31.4 Å². The topological polar surface area (TPSA) is 102 Å². The van der Waals surface area contributed by atoms with Gasteiger partial charge in [0.15, 0.2) is 6.10 Å². The number of urea groups is 2. The summed E-state index contributed by atoms with van der Waals surface area (Å²) in [5.74, 6) is 0. The minimum atomic E-state index is -4.78. The summed E-state index contributed by atoms with van der Waals surface area (Å²) >= 11 is 0. The molecule has 0 bridgehead atoms. The van der Waals surface area contributed by atoms with Gasteiger partial charge in [-0.2, -0.15) is 13.2 Å². The second-order valence-corrected chi connectivity index (χ2v) is 6.13. The van der Waals surface area contributed by atoms with Crippen LogP contribution < -0.4 is 21.3 Å². The first-order valence-corrected chi connectivity index (χ1v) is 8.12. The maximum Gasteiger partial charge on any atom is 0.416 e. The average Bonchev–Trinajstić information content (AvgIpc) is 3.36. The number of carbonyl (C=O) groups excluding carboxylic acids is 2. The summed E-state index contributed by atoms with van der Waals surface area (Å²) in [6, 6.07) is 5.34. The Morgan fingerprint density at radius 2 is 1.81 bits per heavy atom. The molecular formula is C16H21F3N4O3. The van der Waals surface area contributed by atoms with Crippen LogP contribution in [0.4, 0.5) is 28.4 Å². The van der Waals surface area contributed by atoms with E-state index in [2.05, 4.69) is 16.0 Å². The number of hydrogen-bond donors (Lipinski definition) is 5. The monoisotopic (exact) mass is 374 g/mol. The fraction of sp³-hybridized carbons (Fsp3) is 0.500. The van der Waals surface area contributed by atoms with Crippen molar-refractivity contribution in [2.45, 2.75) is 44.1 Å². The van der Waals surface area contributed by atoms with Crippen LogP contribution in [0.2, 0.25) is 0 Å². The normalized spacial score (nSPS) is 16.3. The summed E-state index contributed by atoms with van der Waals surface area (Å²) in [5, 5.41) is 18.7. The van der Waals surface area contributed by atoms with Gasteiger partial charge in [-0.15, -0.1) is 0 Å². The quantitative estimate of drug-likeness (QED) is 0.528. The van der Waals surface area contributed by atoms with Gasteiger partial charge in [0.05, 0.1) is 12.6 Å². The van der Waals surface area contributed by atoms with Crippen LogP contribution in [0, 0.1) is 0 Å². The Balaban J connectivity index is 1.78. The SMILES string of the molecule is C[C@H](NC(=O)NC[C@@H](O)C(F)(F)F)c1ccc(NC(=O)NC2CC2)cc1. The molecule has 2 atom stereocenters. The van der Waals surface area contributed by atoms with Gasteiger partial charge in [-0.25, -0.2) is 9.59 Å². The molecule has 4 amide bonds. The first-order chi connectivity index (χ1) is 12.1. The molecule has 0 radical (unpaired) electrons. The zero-order valence-corrected chi connectivity index (χ0v) is 14.1. The molecule has 144 valence electrons. The van der Waals surface area contributed by atoms with Crippen LogP contribution >= 0.6 is 0 Å². The molecule has 0 heterocycles. The average molecular weight is 374 g/mol. The Kier molecular flexibility index (Phi) is 6.30. The van der Waals surface area contributed by atoms with E-state index in [4.69, 9.17) is 5.11 Å². The minimum absolute atomic E-state index is 0.243. The second-order valence-electron chi connectivity index (χ2n) is 6.13. The molecule has 0 spiro atoms. The summed E-state index contributed by atoms with van der Waals surface area (Å²) in [6.07, 6.45) is -5.43. The number of benzene rings is 1. The fourth-order valence-electron chi connectivity index (χ4n) is 2.07. The highest BCUT2D eigenvalue weighted by Gasteiger charge is 2.38. The highest BCUT2D eigenvalue weighted by Crippen LogP contribution is 2.20. The van der Waals surface area contributed by atoms with Crippen molar-refractivity contribution in [3.8, 4) is 0 Å². The van der Waals surface area contributed by atoms with E-state index in [-0.39, 0.29) is 12.1 Å². The zero-order valence-electron chi connectivity index (χ0n) is 14.1. The van der Waals surface area contributed by atoms with Crippen LogP contribution in [0.3, 0.4) is 0 Å². The molecule has 1 aliphatic rings. The maximum atomic E-state index is 12.2. The van der Waals surface area contributed by atoms with E-state index < -0.39 is 30.9 Å². The molecule has 1 aromatic rings. The van der Waals surface area contributed by atoms with Crippen LogP contribution in [0.5, 0.6) is 0 Å². The number of anilines is 1. The Morgan fingerprint density at radius 1 is 1.19 bits per heavy atom. The number of hydrogen-bond acceptors (Lipinski definition) is 3. The molecule has 2 rings (SSSR count). The number of halogens is 3. The molecule has 0 aromatic heterocycles. The molecule has 1 aliphatic carbocycles. The van der Waals surface area contributed by atoms with Crippen molar-refractivity contribution in [1.29, 1.82) is 0 Å². The van der Waals surface area contributed by atoms with Crippen molar-refractivity contribution in [2.75, 3.05) is 11.9 Å². The molecular weight excluding hydrogens is 353 g/mol. The zero-order chi connectivity index (χ0) is 19.3. The van der Waals surface area contributed by atoms with Crippen molar-refractivity contribution in [2.24, 2.45) is 0 Å². The van der Waals surface area contributed by atoms with Gasteiger partial charge >= 0.3 is 18.2 Å². The third kappa shape index (κ3) is 6.43. The highest BCUT2D eigenvalue weighted by atomic mass is 19.4. The van der Waals surface area contributed by atoms with E-state index >= 15 is 0 Å². The number of aliphatic hydroxyl groups is 1. The standard InChI is InChI=1S/C16H21F3N4O3/c1-9(21-14(25)20-8-13(24)16(17,18)19)10-2-4-11(5-3-10)22-15(26)23-12-6-7-12/h2-5,9,12-13,24H,6-8H2,1H3,(H2,20,21,25)(H2,22,23,26)/t9-,13+/m0/s1. The van der Waals surface area contributed by atoms with Gasteiger partial charge in [0.25, 0.3) is 0 Å². The molecule has 7 nitrogen and oxygen atoms in total. The first kappa shape index (κ1) is 19.8. The predicted molar refractivity (Wildman–Crippen MR) is 88.6 cm³/mol. The van der Waals surface area contributed by atoms with Crippen molar-refractivity contribution in [3.05, 3.63) is 29.8 Å². The van der Waals surface area contributed by atoms with Gasteiger partial charge in [-0.3, -0.25) is 0 Å². The third-order valence-corrected chi connectivity index (χ3v) is 3.76. The molecule has 10 heteroatoms. The number of aliphatic hydroxyl groups excluding tert-OH is 1. The van der Waals surface area contributed by atoms with E-state index in [1.54, 1.807) is 31.2 Å². The first-order valence-electron chi connectivity index (χ1n) is 8.12. The summed E-state index contributed by atoms with van der Waals surface area (Å²) in [6.45, 7) is 0.725. The highest BCUT2D eigenvalue weighted by molar-refractivity contribution is 5.89. The lowest BCUT2D eigenvalue weighted by molar-refractivity contribution is -0.201. The molecule has 0 saturated heterocycles. The van der Waals surface area contributed by atoms with Crippen molar-refractivity contribution >= 4 is 17.7 Å². The Labute approximate surface area is 148 Å². The summed E-state index contributed by atoms with van der Waals surface area (Å²) < 4.78 is 36.5. The molecule has 1 fully saturated rings. The molecule has 0 aliphatic heterocycles. The molecule has 0 unspecified atom stereocenters. The molecule has 1 saturated carbocycles. The fourth-order valence-corrected chi connectivity index (χ4v) is 2.07. The van der Waals surface area contributed by atoms with E-state index in [1.807, 2.05) is 5.32 Å². The minimum Gasteiger partial charge on any atom is -0.382 e. The summed E-state index contributed by atoms with van der Waals surface area (Å²) in [7, 11) is 0. The van der Waals surface area contributed by atoms with Crippen LogP contribution in [0.25, 0.3) is 0 Å². The van der Waals surface area contributed by atoms with Gasteiger partial charge in [-0.1, -0.05) is 12.1 Å². The lowest BCUT2D eigenvalue weighted by Gasteiger charge is -2.18. The Hall–Kier alpha value is -2.49. The van der Waals surface area contributed by atoms with Crippen molar-refractivity contribution in [1.82, 2.24) is 16.0 Å². The number of carbonyl (C=O) groups is 2. The van der Waals surface area contributed by atoms with E-state index in [0.717, 1.165) is 12.8 Å². The van der Waals surface area contributed by atoms with Crippen LogP contribution in [0.15, 0.2) is 24.3 Å². The second kappa shape index (κ2) is 8.26. The Morgan fingerprint density at radius 3 is 2.35 bits per heavy atom. The van der Waals surface area contributed by atoms with Gasteiger partial charge in [-0.05, 0) is 37.5 Å². The van der Waals surface area contributed by atoms with Crippen LogP contribution in [-0.4, -0.2) is 42.0 Å². The van der Waals surface area contributed by atoms with Gasteiger partial charge < -0.3 is 26.4 Å². The lowest BCUT2D eigenvalue weighted by Crippen LogP contribution is -2.45. The van der Waals surface area contributed by atoms with Gasteiger partial charge in [0.1, 0.15) is 0 Å². The third-order valence-electron chi connectivity index (χ3n) is 3.76. The van der Waals surface area contributed by atoms with Crippen LogP contribution in [-0.2, 0) is 0 Å². The van der Waals surface area contributed by atoms with E-state index in [0.29, 0.717) is 11.3 Å². The smallest absolute Gasteiger partial charge is 0.382 e. The summed E-state index contributed by atoms with van der Waals surface area (Å²) in [5.41, 5.74) is 1.28. The van der Waals surface area contributed by atoms with Crippen molar-refractivity contribution in [3.63, 3.8) is 0 Å².